The van der Waals surface area contributed by atoms with Gasteiger partial charge in [-0.15, -0.1) is 0 Å². The molecule has 364 valence electrons. The molecule has 4 heteroatoms. The SMILES string of the molecule is CCCCCCCCOC1CCC2(CC1)CC1(CCC(OCCCCCCCC)CC1)C2.CCCCCCCOC1CCC2(CC1)CC1(CCC(OCCCCCCC)CC1)C2. The van der Waals surface area contributed by atoms with E-state index in [9.17, 15) is 0 Å². The summed E-state index contributed by atoms with van der Waals surface area (Å²) in [6.07, 6.45) is 60.4. The predicted molar refractivity (Wildman–Crippen MR) is 265 cm³/mol. The Bertz CT molecular complexity index is 985. The van der Waals surface area contributed by atoms with Gasteiger partial charge in [-0.1, -0.05) is 143 Å². The molecule has 0 saturated heterocycles. The van der Waals surface area contributed by atoms with E-state index in [0.717, 1.165) is 26.4 Å². The van der Waals surface area contributed by atoms with Crippen LogP contribution < -0.4 is 0 Å². The Kier molecular flexibility index (Phi) is 25.2. The molecule has 4 nitrogen and oxygen atoms in total. The minimum atomic E-state index is 0.568. The van der Waals surface area contributed by atoms with Crippen molar-refractivity contribution in [2.24, 2.45) is 21.7 Å². The summed E-state index contributed by atoms with van der Waals surface area (Å²) in [6.45, 7) is 13.2. The molecule has 4 spiro atoms. The molecule has 0 atom stereocenters. The van der Waals surface area contributed by atoms with Crippen LogP contribution in [0.5, 0.6) is 0 Å². The molecule has 0 heterocycles. The largest absolute Gasteiger partial charge is 0.378 e. The van der Waals surface area contributed by atoms with Gasteiger partial charge in [0.05, 0.1) is 24.4 Å². The lowest BCUT2D eigenvalue weighted by atomic mass is 9.45. The highest BCUT2D eigenvalue weighted by Gasteiger charge is 2.56. The first kappa shape index (κ1) is 52.8. The van der Waals surface area contributed by atoms with Crippen molar-refractivity contribution >= 4 is 0 Å². The normalized spacial score (nSPS) is 33.1. The van der Waals surface area contributed by atoms with Gasteiger partial charge in [-0.3, -0.25) is 0 Å². The van der Waals surface area contributed by atoms with Crippen molar-refractivity contribution in [3.63, 3.8) is 0 Å². The van der Waals surface area contributed by atoms with E-state index in [-0.39, 0.29) is 0 Å². The zero-order chi connectivity index (χ0) is 43.7. The van der Waals surface area contributed by atoms with Gasteiger partial charge in [0.2, 0.25) is 0 Å². The van der Waals surface area contributed by atoms with Crippen LogP contribution >= 0.6 is 0 Å². The van der Waals surface area contributed by atoms with Crippen molar-refractivity contribution in [1.82, 2.24) is 0 Å². The zero-order valence-electron chi connectivity index (χ0n) is 42.5. The minimum absolute atomic E-state index is 0.568. The van der Waals surface area contributed by atoms with E-state index >= 15 is 0 Å². The van der Waals surface area contributed by atoms with E-state index in [0.29, 0.717) is 46.1 Å². The van der Waals surface area contributed by atoms with Crippen LogP contribution in [0.1, 0.15) is 297 Å². The van der Waals surface area contributed by atoms with Gasteiger partial charge in [0.1, 0.15) is 0 Å². The van der Waals surface area contributed by atoms with Crippen LogP contribution in [0.25, 0.3) is 0 Å². The molecule has 6 saturated carbocycles. The van der Waals surface area contributed by atoms with Gasteiger partial charge in [-0.2, -0.15) is 0 Å². The Hall–Kier alpha value is -0.160. The summed E-state index contributed by atoms with van der Waals surface area (Å²) in [5.41, 5.74) is 2.81. The van der Waals surface area contributed by atoms with E-state index in [1.54, 1.807) is 0 Å². The first-order chi connectivity index (χ1) is 30.4. The molecule has 0 unspecified atom stereocenters. The number of rotatable bonds is 30. The molecule has 0 aromatic rings. The van der Waals surface area contributed by atoms with Gasteiger partial charge >= 0.3 is 0 Å². The topological polar surface area (TPSA) is 36.9 Å². The molecular formula is C58H108O4. The average Bonchev–Trinajstić information content (AvgIpc) is 3.27. The molecule has 62 heavy (non-hydrogen) atoms. The molecular weight excluding hydrogens is 761 g/mol. The van der Waals surface area contributed by atoms with Gasteiger partial charge < -0.3 is 18.9 Å². The Balaban J connectivity index is 0.000000235. The van der Waals surface area contributed by atoms with Crippen LogP contribution in [0.4, 0.5) is 0 Å². The van der Waals surface area contributed by atoms with E-state index in [1.807, 2.05) is 0 Å². The molecule has 6 rings (SSSR count). The Morgan fingerprint density at radius 3 is 0.629 bits per heavy atom. The Morgan fingerprint density at radius 1 is 0.258 bits per heavy atom. The molecule has 6 aliphatic rings. The number of ether oxygens (including phenoxy) is 4. The monoisotopic (exact) mass is 869 g/mol. The second-order valence-corrected chi connectivity index (χ2v) is 23.4. The van der Waals surface area contributed by atoms with Crippen molar-refractivity contribution < 1.29 is 18.9 Å². The summed E-state index contributed by atoms with van der Waals surface area (Å²) in [6, 6.07) is 0. The second-order valence-electron chi connectivity index (χ2n) is 23.4. The Labute approximate surface area is 387 Å². The lowest BCUT2D eigenvalue weighted by Gasteiger charge is -2.61. The number of hydrogen-bond acceptors (Lipinski definition) is 4. The molecule has 0 aromatic heterocycles. The average molecular weight is 869 g/mol. The molecule has 0 aliphatic heterocycles. The van der Waals surface area contributed by atoms with Gasteiger partial charge in [0.15, 0.2) is 0 Å². The van der Waals surface area contributed by atoms with Gasteiger partial charge in [-0.05, 0) is 176 Å². The minimum Gasteiger partial charge on any atom is -0.378 e. The van der Waals surface area contributed by atoms with Gasteiger partial charge in [-0.25, -0.2) is 0 Å². The molecule has 0 bridgehead atoms. The molecule has 6 fully saturated rings. The molecule has 0 N–H and O–H groups in total. The van der Waals surface area contributed by atoms with Crippen LogP contribution in [-0.2, 0) is 18.9 Å². The van der Waals surface area contributed by atoms with Crippen LogP contribution in [0.15, 0.2) is 0 Å². The van der Waals surface area contributed by atoms with E-state index in [4.69, 9.17) is 18.9 Å². The van der Waals surface area contributed by atoms with Crippen molar-refractivity contribution in [3.8, 4) is 0 Å². The van der Waals surface area contributed by atoms with Crippen LogP contribution in [-0.4, -0.2) is 50.8 Å². The van der Waals surface area contributed by atoms with Gasteiger partial charge in [0.25, 0.3) is 0 Å². The number of hydrogen-bond donors (Lipinski definition) is 0. The number of unbranched alkanes of at least 4 members (excludes halogenated alkanes) is 18. The highest BCUT2D eigenvalue weighted by Crippen LogP contribution is 2.67. The van der Waals surface area contributed by atoms with Crippen molar-refractivity contribution in [2.75, 3.05) is 26.4 Å². The molecule has 0 radical (unpaired) electrons. The predicted octanol–water partition coefficient (Wildman–Crippen LogP) is 18.0. The lowest BCUT2D eigenvalue weighted by Crippen LogP contribution is -2.51. The summed E-state index contributed by atoms with van der Waals surface area (Å²) in [5, 5.41) is 0. The second kappa shape index (κ2) is 29.6. The molecule has 0 amide bonds. The van der Waals surface area contributed by atoms with Crippen molar-refractivity contribution in [2.45, 2.75) is 322 Å². The van der Waals surface area contributed by atoms with E-state index in [1.165, 1.54) is 270 Å². The third-order valence-corrected chi connectivity index (χ3v) is 17.9. The summed E-state index contributed by atoms with van der Waals surface area (Å²) in [4.78, 5) is 0. The first-order valence-electron chi connectivity index (χ1n) is 28.8. The standard InChI is InChI=1S/C30H56O2.C28H52O2/c1-3-5-7-9-11-13-23-31-27-15-19-29(20-16-27)25-30(26-29)21-17-28(18-22-30)32-24-14-12-10-8-6-4-2;1-3-5-7-9-11-21-29-25-13-17-27(18-14-25)23-28(24-27)19-15-26(16-20-28)30-22-12-10-8-6-4-2/h27-28H,3-26H2,1-2H3;25-26H,3-24H2,1-2H3. The van der Waals surface area contributed by atoms with Crippen LogP contribution in [0, 0.1) is 21.7 Å². The maximum absolute atomic E-state index is 6.26. The summed E-state index contributed by atoms with van der Waals surface area (Å²) < 4.78 is 25.0. The van der Waals surface area contributed by atoms with Crippen LogP contribution in [0.2, 0.25) is 0 Å². The highest BCUT2D eigenvalue weighted by molar-refractivity contribution is 5.07. The first-order valence-corrected chi connectivity index (χ1v) is 28.8. The van der Waals surface area contributed by atoms with Crippen molar-refractivity contribution in [1.29, 1.82) is 0 Å². The smallest absolute Gasteiger partial charge is 0.0575 e. The van der Waals surface area contributed by atoms with E-state index < -0.39 is 0 Å². The fourth-order valence-corrected chi connectivity index (χ4v) is 14.2. The van der Waals surface area contributed by atoms with Crippen molar-refractivity contribution in [3.05, 3.63) is 0 Å². The fraction of sp³-hybridized carbons (Fsp3) is 1.00. The Morgan fingerprint density at radius 2 is 0.435 bits per heavy atom. The third kappa shape index (κ3) is 18.5. The van der Waals surface area contributed by atoms with Gasteiger partial charge in [0, 0.05) is 26.4 Å². The molecule has 0 aromatic carbocycles. The summed E-state index contributed by atoms with van der Waals surface area (Å²) >= 11 is 0. The van der Waals surface area contributed by atoms with Crippen LogP contribution in [0.3, 0.4) is 0 Å². The quantitative estimate of drug-likeness (QED) is 0.0674. The maximum atomic E-state index is 6.26. The molecule has 6 aliphatic carbocycles. The lowest BCUT2D eigenvalue weighted by molar-refractivity contribution is -0.129. The summed E-state index contributed by atoms with van der Waals surface area (Å²) in [7, 11) is 0. The third-order valence-electron chi connectivity index (χ3n) is 17.9. The summed E-state index contributed by atoms with van der Waals surface area (Å²) in [5.74, 6) is 0. The maximum Gasteiger partial charge on any atom is 0.0575 e. The van der Waals surface area contributed by atoms with E-state index in [2.05, 4.69) is 27.7 Å². The zero-order valence-corrected chi connectivity index (χ0v) is 42.5. The highest BCUT2D eigenvalue weighted by atomic mass is 16.5. The fourth-order valence-electron chi connectivity index (χ4n) is 14.2.